The third-order valence-corrected chi connectivity index (χ3v) is 9.30. The van der Waals surface area contributed by atoms with Crippen LogP contribution in [0.5, 0.6) is 0 Å². The molecule has 0 amide bonds. The smallest absolute Gasteiger partial charge is 0.337 e. The fraction of sp³-hybridized carbons (Fsp3) is 0.452. The molecular formula is C31H35ClFN5O3. The lowest BCUT2D eigenvalue weighted by molar-refractivity contribution is -0.0133. The standard InChI is InChI=1S/C31H35ClFN5O3/c1-18-12-27(34-20(3)28(18)30(39)40)36-10-11-37(19(2)16-36)26-9-8-25-29(35-26)31(14-22(15-31)41-4)17-38(25)21-6-5-7-23(32)24(33)13-21/h6-9,12-13,19,22H,5,10-11,14-17H2,1-4H3,(H,39,40). The van der Waals surface area contributed by atoms with Crippen molar-refractivity contribution in [2.75, 3.05) is 48.0 Å². The molecule has 0 radical (unpaired) electrons. The Labute approximate surface area is 244 Å². The first-order valence-electron chi connectivity index (χ1n) is 14.1. The second kappa shape index (κ2) is 10.4. The van der Waals surface area contributed by atoms with E-state index in [1.54, 1.807) is 20.1 Å². The Kier molecular flexibility index (Phi) is 7.06. The van der Waals surface area contributed by atoms with Gasteiger partial charge in [-0.25, -0.2) is 19.2 Å². The zero-order valence-corrected chi connectivity index (χ0v) is 24.6. The molecule has 4 aliphatic rings. The number of fused-ring (bicyclic) bond motifs is 2. The molecule has 2 aliphatic heterocycles. The SMILES string of the molecule is COC1CC2(C1)CN(C1=CCC=C(Cl)C(F)=C1)c1ccc(N3CCN(c4cc(C)c(C(=O)O)c(C)n4)CC3C)nc12. The maximum Gasteiger partial charge on any atom is 0.337 e. The number of rotatable bonds is 5. The number of aryl methyl sites for hydroxylation is 2. The van der Waals surface area contributed by atoms with Crippen molar-refractivity contribution in [3.63, 3.8) is 0 Å². The monoisotopic (exact) mass is 579 g/mol. The van der Waals surface area contributed by atoms with Gasteiger partial charge in [-0.15, -0.1) is 0 Å². The number of aromatic carboxylic acids is 1. The molecule has 41 heavy (non-hydrogen) atoms. The molecular weight excluding hydrogens is 545 g/mol. The summed E-state index contributed by atoms with van der Waals surface area (Å²) in [4.78, 5) is 28.3. The van der Waals surface area contributed by atoms with Gasteiger partial charge in [0.15, 0.2) is 0 Å². The van der Waals surface area contributed by atoms with Gasteiger partial charge in [0, 0.05) is 50.4 Å². The van der Waals surface area contributed by atoms with Crippen molar-refractivity contribution in [2.24, 2.45) is 0 Å². The predicted molar refractivity (Wildman–Crippen MR) is 159 cm³/mol. The molecule has 1 saturated heterocycles. The zero-order valence-electron chi connectivity index (χ0n) is 23.8. The van der Waals surface area contributed by atoms with E-state index in [1.807, 2.05) is 19.1 Å². The number of hydrogen-bond donors (Lipinski definition) is 1. The molecule has 0 bridgehead atoms. The molecule has 2 fully saturated rings. The van der Waals surface area contributed by atoms with Crippen molar-refractivity contribution in [2.45, 2.75) is 57.6 Å². The van der Waals surface area contributed by atoms with Crippen LogP contribution >= 0.6 is 11.6 Å². The van der Waals surface area contributed by atoms with E-state index in [0.717, 1.165) is 73.3 Å². The van der Waals surface area contributed by atoms with E-state index < -0.39 is 11.8 Å². The number of allylic oxidation sites excluding steroid dienone is 5. The fourth-order valence-corrected chi connectivity index (χ4v) is 6.98. The Morgan fingerprint density at radius 1 is 1.17 bits per heavy atom. The number of ether oxygens (including phenoxy) is 1. The van der Waals surface area contributed by atoms with E-state index >= 15 is 0 Å². The molecule has 1 N–H and O–H groups in total. The van der Waals surface area contributed by atoms with Crippen LogP contribution < -0.4 is 14.7 Å². The average molecular weight is 580 g/mol. The predicted octanol–water partition coefficient (Wildman–Crippen LogP) is 5.64. The number of aromatic nitrogens is 2. The van der Waals surface area contributed by atoms with Crippen LogP contribution in [-0.4, -0.2) is 66.5 Å². The van der Waals surface area contributed by atoms with Crippen molar-refractivity contribution >= 4 is 34.9 Å². The van der Waals surface area contributed by atoms with Gasteiger partial charge >= 0.3 is 5.97 Å². The molecule has 2 aromatic heterocycles. The van der Waals surface area contributed by atoms with Crippen LogP contribution in [0.1, 0.15) is 53.5 Å². The quantitative estimate of drug-likeness (QED) is 0.488. The minimum absolute atomic E-state index is 0.142. The van der Waals surface area contributed by atoms with E-state index in [0.29, 0.717) is 12.1 Å². The van der Waals surface area contributed by atoms with Gasteiger partial charge in [-0.1, -0.05) is 23.8 Å². The topological polar surface area (TPSA) is 82.0 Å². The molecule has 2 aromatic rings. The number of piperazine rings is 1. The van der Waals surface area contributed by atoms with Crippen molar-refractivity contribution in [3.8, 4) is 0 Å². The number of halogens is 2. The summed E-state index contributed by atoms with van der Waals surface area (Å²) >= 11 is 6.08. The Morgan fingerprint density at radius 3 is 2.63 bits per heavy atom. The molecule has 216 valence electrons. The molecule has 8 nitrogen and oxygen atoms in total. The summed E-state index contributed by atoms with van der Waals surface area (Å²) < 4.78 is 20.3. The van der Waals surface area contributed by atoms with E-state index in [9.17, 15) is 14.3 Å². The van der Waals surface area contributed by atoms with E-state index in [-0.39, 0.29) is 28.2 Å². The molecule has 1 spiro atoms. The summed E-state index contributed by atoms with van der Waals surface area (Å²) in [5.41, 5.74) is 4.24. The molecule has 1 saturated carbocycles. The maximum absolute atomic E-state index is 14.6. The van der Waals surface area contributed by atoms with Crippen LogP contribution in [-0.2, 0) is 10.2 Å². The number of methoxy groups -OCH3 is 1. The number of carboxylic acid groups (broad SMARTS) is 1. The van der Waals surface area contributed by atoms with Crippen LogP contribution in [0.3, 0.4) is 0 Å². The number of carboxylic acids is 1. The second-order valence-corrected chi connectivity index (χ2v) is 12.0. The highest BCUT2D eigenvalue weighted by Crippen LogP contribution is 2.54. The lowest BCUT2D eigenvalue weighted by Gasteiger charge is -2.45. The minimum Gasteiger partial charge on any atom is -0.478 e. The summed E-state index contributed by atoms with van der Waals surface area (Å²) in [6, 6.07) is 6.22. The van der Waals surface area contributed by atoms with Gasteiger partial charge in [0.2, 0.25) is 0 Å². The number of nitrogens with zero attached hydrogens (tertiary/aromatic N) is 5. The van der Waals surface area contributed by atoms with Crippen LogP contribution in [0.4, 0.5) is 21.7 Å². The zero-order chi connectivity index (χ0) is 29.1. The number of anilines is 3. The number of hydrogen-bond acceptors (Lipinski definition) is 7. The van der Waals surface area contributed by atoms with E-state index in [1.165, 1.54) is 6.08 Å². The van der Waals surface area contributed by atoms with Gasteiger partial charge < -0.3 is 24.5 Å². The second-order valence-electron chi connectivity index (χ2n) is 11.6. The highest BCUT2D eigenvalue weighted by molar-refractivity contribution is 6.31. The summed E-state index contributed by atoms with van der Waals surface area (Å²) in [5.74, 6) is 0.368. The molecule has 4 heterocycles. The maximum atomic E-state index is 14.6. The largest absolute Gasteiger partial charge is 0.478 e. The molecule has 6 rings (SSSR count). The molecule has 1 atom stereocenters. The van der Waals surface area contributed by atoms with Gasteiger partial charge in [-0.3, -0.25) is 0 Å². The van der Waals surface area contributed by atoms with Gasteiger partial charge in [-0.2, -0.15) is 0 Å². The molecule has 1 unspecified atom stereocenters. The van der Waals surface area contributed by atoms with Crippen molar-refractivity contribution in [1.82, 2.24) is 9.97 Å². The Balaban J connectivity index is 1.27. The van der Waals surface area contributed by atoms with Crippen LogP contribution in [0.15, 0.2) is 53.0 Å². The van der Waals surface area contributed by atoms with E-state index in [2.05, 4.69) is 38.7 Å². The van der Waals surface area contributed by atoms with Crippen LogP contribution in [0, 0.1) is 13.8 Å². The van der Waals surface area contributed by atoms with E-state index in [4.69, 9.17) is 21.3 Å². The molecule has 10 heteroatoms. The van der Waals surface area contributed by atoms with Crippen LogP contribution in [0.2, 0.25) is 0 Å². The van der Waals surface area contributed by atoms with Gasteiger partial charge in [-0.05, 0) is 69.9 Å². The lowest BCUT2D eigenvalue weighted by Crippen LogP contribution is -2.53. The first-order valence-corrected chi connectivity index (χ1v) is 14.5. The van der Waals surface area contributed by atoms with Gasteiger partial charge in [0.1, 0.15) is 17.5 Å². The summed E-state index contributed by atoms with van der Waals surface area (Å²) in [6.07, 6.45) is 7.74. The fourth-order valence-electron chi connectivity index (χ4n) is 6.83. The Hall–Kier alpha value is -3.43. The van der Waals surface area contributed by atoms with Crippen molar-refractivity contribution in [1.29, 1.82) is 0 Å². The Bertz CT molecular complexity index is 1480. The minimum atomic E-state index is -0.948. The highest BCUT2D eigenvalue weighted by Gasteiger charge is 2.54. The van der Waals surface area contributed by atoms with Gasteiger partial charge in [0.05, 0.1) is 33.8 Å². The molecule has 2 aliphatic carbocycles. The Morgan fingerprint density at radius 2 is 1.95 bits per heavy atom. The first kappa shape index (κ1) is 27.7. The number of carbonyl (C=O) groups is 1. The summed E-state index contributed by atoms with van der Waals surface area (Å²) in [6.45, 7) is 8.73. The highest BCUT2D eigenvalue weighted by atomic mass is 35.5. The normalized spacial score (nSPS) is 25.8. The third kappa shape index (κ3) is 4.78. The van der Waals surface area contributed by atoms with Crippen molar-refractivity contribution in [3.05, 3.63) is 75.5 Å². The lowest BCUT2D eigenvalue weighted by atomic mass is 9.65. The molecule has 0 aromatic carbocycles. The number of pyridine rings is 2. The third-order valence-electron chi connectivity index (χ3n) is 8.97. The summed E-state index contributed by atoms with van der Waals surface area (Å²) in [7, 11) is 1.75. The first-order chi connectivity index (χ1) is 19.6. The average Bonchev–Trinajstić information content (AvgIpc) is 3.15. The summed E-state index contributed by atoms with van der Waals surface area (Å²) in [5, 5.41) is 9.67. The van der Waals surface area contributed by atoms with Gasteiger partial charge in [0.25, 0.3) is 0 Å². The van der Waals surface area contributed by atoms with Crippen molar-refractivity contribution < 1.29 is 19.0 Å². The van der Waals surface area contributed by atoms with Crippen LogP contribution in [0.25, 0.3) is 0 Å².